The number of thiazole rings is 1. The average Bonchev–Trinajstić information content (AvgIpc) is 3.23. The van der Waals surface area contributed by atoms with Crippen molar-refractivity contribution in [3.63, 3.8) is 0 Å². The van der Waals surface area contributed by atoms with Crippen molar-refractivity contribution in [1.29, 1.82) is 0 Å². The van der Waals surface area contributed by atoms with Crippen molar-refractivity contribution in [2.45, 2.75) is 38.6 Å². The van der Waals surface area contributed by atoms with Crippen LogP contribution < -0.4 is 5.32 Å². The molecule has 0 saturated heterocycles. The van der Waals surface area contributed by atoms with Gasteiger partial charge >= 0.3 is 0 Å². The molecule has 0 aliphatic heterocycles. The first-order valence-corrected chi connectivity index (χ1v) is 7.75. The molecular formula is C15H18N2S. The van der Waals surface area contributed by atoms with Crippen molar-refractivity contribution in [1.82, 2.24) is 4.98 Å². The first-order chi connectivity index (χ1) is 8.79. The third-order valence-corrected chi connectivity index (χ3v) is 5.02. The molecule has 2 aliphatic rings. The first kappa shape index (κ1) is 10.8. The highest BCUT2D eigenvalue weighted by molar-refractivity contribution is 7.18. The van der Waals surface area contributed by atoms with Gasteiger partial charge in [0.05, 0.1) is 15.2 Å². The van der Waals surface area contributed by atoms with Crippen LogP contribution in [0.15, 0.2) is 18.2 Å². The fraction of sp³-hybridized carbons (Fsp3) is 0.533. The van der Waals surface area contributed by atoms with Crippen LogP contribution in [-0.2, 0) is 0 Å². The Kier molecular flexibility index (Phi) is 2.37. The number of nitrogens with zero attached hydrogens (tertiary/aromatic N) is 1. The monoisotopic (exact) mass is 258 g/mol. The topological polar surface area (TPSA) is 24.9 Å². The van der Waals surface area contributed by atoms with E-state index in [4.69, 9.17) is 0 Å². The van der Waals surface area contributed by atoms with Crippen molar-refractivity contribution < 1.29 is 0 Å². The maximum Gasteiger partial charge on any atom is 0.0907 e. The van der Waals surface area contributed by atoms with E-state index in [9.17, 15) is 0 Å². The molecule has 1 heterocycles. The zero-order chi connectivity index (χ0) is 12.1. The number of aryl methyl sites for hydroxylation is 1. The van der Waals surface area contributed by atoms with Crippen molar-refractivity contribution in [3.05, 3.63) is 23.2 Å². The van der Waals surface area contributed by atoms with Crippen molar-refractivity contribution >= 4 is 27.2 Å². The Morgan fingerprint density at radius 2 is 1.94 bits per heavy atom. The number of hydrogen-bond donors (Lipinski definition) is 1. The Hall–Kier alpha value is -1.09. The van der Waals surface area contributed by atoms with Gasteiger partial charge in [0.15, 0.2) is 0 Å². The lowest BCUT2D eigenvalue weighted by Crippen LogP contribution is -2.24. The lowest BCUT2D eigenvalue weighted by Gasteiger charge is -2.19. The van der Waals surface area contributed by atoms with Gasteiger partial charge in [0, 0.05) is 11.7 Å². The molecule has 0 amide bonds. The highest BCUT2D eigenvalue weighted by atomic mass is 32.1. The van der Waals surface area contributed by atoms with Gasteiger partial charge in [0.1, 0.15) is 0 Å². The van der Waals surface area contributed by atoms with Crippen LogP contribution in [0.25, 0.3) is 10.2 Å². The number of aromatic nitrogens is 1. The van der Waals surface area contributed by atoms with Gasteiger partial charge in [-0.3, -0.25) is 0 Å². The average molecular weight is 258 g/mol. The van der Waals surface area contributed by atoms with E-state index >= 15 is 0 Å². The van der Waals surface area contributed by atoms with E-state index in [-0.39, 0.29) is 0 Å². The van der Waals surface area contributed by atoms with Crippen LogP contribution in [0.4, 0.5) is 5.69 Å². The second-order valence-electron chi connectivity index (χ2n) is 5.76. The molecule has 3 heteroatoms. The van der Waals surface area contributed by atoms with E-state index in [1.54, 1.807) is 11.3 Å². The van der Waals surface area contributed by atoms with Gasteiger partial charge in [-0.15, -0.1) is 11.3 Å². The number of hydrogen-bond acceptors (Lipinski definition) is 3. The highest BCUT2D eigenvalue weighted by Gasteiger charge is 2.41. The third-order valence-electron chi connectivity index (χ3n) is 4.09. The number of nitrogens with one attached hydrogen (secondary N) is 1. The zero-order valence-electron chi connectivity index (χ0n) is 10.6. The molecule has 2 fully saturated rings. The molecule has 0 unspecified atom stereocenters. The summed E-state index contributed by atoms with van der Waals surface area (Å²) in [6, 6.07) is 7.35. The van der Waals surface area contributed by atoms with E-state index in [0.717, 1.165) is 28.4 Å². The van der Waals surface area contributed by atoms with Gasteiger partial charge in [0.2, 0.25) is 0 Å². The Balaban J connectivity index is 1.60. The molecule has 2 nitrogen and oxygen atoms in total. The second-order valence-corrected chi connectivity index (χ2v) is 7.00. The Bertz CT molecular complexity index is 569. The fourth-order valence-electron chi connectivity index (χ4n) is 2.85. The van der Waals surface area contributed by atoms with E-state index in [1.165, 1.54) is 36.1 Å². The molecule has 1 aromatic heterocycles. The molecule has 2 aliphatic carbocycles. The van der Waals surface area contributed by atoms with Crippen LogP contribution in [0, 0.1) is 18.8 Å². The van der Waals surface area contributed by atoms with Crippen LogP contribution in [0.3, 0.4) is 0 Å². The van der Waals surface area contributed by atoms with Crippen LogP contribution in [-0.4, -0.2) is 11.0 Å². The molecule has 0 radical (unpaired) electrons. The van der Waals surface area contributed by atoms with E-state index < -0.39 is 0 Å². The Morgan fingerprint density at radius 3 is 2.61 bits per heavy atom. The largest absolute Gasteiger partial charge is 0.382 e. The summed E-state index contributed by atoms with van der Waals surface area (Å²) in [4.78, 5) is 4.52. The van der Waals surface area contributed by atoms with E-state index in [2.05, 4.69) is 35.4 Å². The van der Waals surface area contributed by atoms with Crippen LogP contribution in [0.1, 0.15) is 30.7 Å². The normalized spacial score (nSPS) is 19.7. The van der Waals surface area contributed by atoms with Crippen molar-refractivity contribution in [2.75, 3.05) is 5.32 Å². The standard InChI is InChI=1S/C15H18N2S/c1-9-16-13-7-6-12(8-14(13)18-9)17-15(10-2-3-10)11-4-5-11/h6-8,10-11,15,17H,2-5H2,1H3. The molecule has 1 N–H and O–H groups in total. The van der Waals surface area contributed by atoms with E-state index in [1.807, 2.05) is 0 Å². The molecule has 0 spiro atoms. The molecule has 1 aromatic carbocycles. The summed E-state index contributed by atoms with van der Waals surface area (Å²) in [5, 5.41) is 4.94. The van der Waals surface area contributed by atoms with Crippen LogP contribution >= 0.6 is 11.3 Å². The van der Waals surface area contributed by atoms with Gasteiger partial charge in [-0.1, -0.05) is 0 Å². The fourth-order valence-corrected chi connectivity index (χ4v) is 3.72. The second kappa shape index (κ2) is 3.95. The highest BCUT2D eigenvalue weighted by Crippen LogP contribution is 2.46. The Morgan fingerprint density at radius 1 is 1.22 bits per heavy atom. The molecule has 0 atom stereocenters. The quantitative estimate of drug-likeness (QED) is 0.888. The van der Waals surface area contributed by atoms with Gasteiger partial charge in [-0.2, -0.15) is 0 Å². The van der Waals surface area contributed by atoms with Crippen molar-refractivity contribution in [2.24, 2.45) is 11.8 Å². The summed E-state index contributed by atoms with van der Waals surface area (Å²) in [5.74, 6) is 1.88. The molecular weight excluding hydrogens is 240 g/mol. The number of rotatable bonds is 4. The van der Waals surface area contributed by atoms with Gasteiger partial charge in [-0.25, -0.2) is 4.98 Å². The summed E-state index contributed by atoms with van der Waals surface area (Å²) in [6.45, 7) is 2.08. The number of benzene rings is 1. The minimum absolute atomic E-state index is 0.733. The SMILES string of the molecule is Cc1nc2ccc(NC(C3CC3)C3CC3)cc2s1. The predicted octanol–water partition coefficient (Wildman–Crippen LogP) is 4.21. The zero-order valence-corrected chi connectivity index (χ0v) is 11.5. The van der Waals surface area contributed by atoms with Crippen LogP contribution in [0.5, 0.6) is 0 Å². The summed E-state index contributed by atoms with van der Waals surface area (Å²) >= 11 is 1.79. The minimum atomic E-state index is 0.733. The summed E-state index contributed by atoms with van der Waals surface area (Å²) in [6.07, 6.45) is 5.71. The first-order valence-electron chi connectivity index (χ1n) is 6.93. The molecule has 2 saturated carbocycles. The molecule has 4 rings (SSSR count). The number of fused-ring (bicyclic) bond motifs is 1. The molecule has 94 valence electrons. The predicted molar refractivity (Wildman–Crippen MR) is 77.2 cm³/mol. The summed E-state index contributed by atoms with van der Waals surface area (Å²) in [7, 11) is 0. The molecule has 2 aromatic rings. The van der Waals surface area contributed by atoms with Gasteiger partial charge < -0.3 is 5.32 Å². The lowest BCUT2D eigenvalue weighted by molar-refractivity contribution is 0.568. The van der Waals surface area contributed by atoms with Crippen LogP contribution in [0.2, 0.25) is 0 Å². The number of anilines is 1. The van der Waals surface area contributed by atoms with Gasteiger partial charge in [0.25, 0.3) is 0 Å². The maximum atomic E-state index is 4.52. The molecule has 18 heavy (non-hydrogen) atoms. The smallest absolute Gasteiger partial charge is 0.0907 e. The van der Waals surface area contributed by atoms with Gasteiger partial charge in [-0.05, 0) is 62.6 Å². The Labute approximate surface area is 111 Å². The van der Waals surface area contributed by atoms with E-state index in [0.29, 0.717) is 0 Å². The minimum Gasteiger partial charge on any atom is -0.382 e. The summed E-state index contributed by atoms with van der Waals surface area (Å²) < 4.78 is 1.31. The lowest BCUT2D eigenvalue weighted by atomic mass is 10.1. The summed E-state index contributed by atoms with van der Waals surface area (Å²) in [5.41, 5.74) is 2.42. The third kappa shape index (κ3) is 2.01. The maximum absolute atomic E-state index is 4.52. The molecule has 0 bridgehead atoms. The van der Waals surface area contributed by atoms with Crippen molar-refractivity contribution in [3.8, 4) is 0 Å².